The molecule has 3 rings (SSSR count). The first-order valence-electron chi connectivity index (χ1n) is 7.73. The second-order valence-electron chi connectivity index (χ2n) is 5.66. The van der Waals surface area contributed by atoms with E-state index >= 15 is 0 Å². The molecular formula is C17H17ClN2O4. The second-order valence-corrected chi connectivity index (χ2v) is 6.09. The Balaban J connectivity index is 1.74. The van der Waals surface area contributed by atoms with E-state index in [9.17, 15) is 14.4 Å². The average Bonchev–Trinajstić information content (AvgIpc) is 2.88. The molecule has 2 aliphatic rings. The minimum absolute atomic E-state index is 0.0557. The third-order valence-electron chi connectivity index (χ3n) is 4.07. The predicted octanol–water partition coefficient (Wildman–Crippen LogP) is 1.38. The molecule has 24 heavy (non-hydrogen) atoms. The van der Waals surface area contributed by atoms with E-state index in [0.717, 1.165) is 5.56 Å². The SMILES string of the molecule is CCOC(=O)C1=CN2CCN(Cc3cccc(Cl)c3)C(=O)C2C1=O. The van der Waals surface area contributed by atoms with E-state index in [1.807, 2.05) is 12.1 Å². The highest BCUT2D eigenvalue weighted by molar-refractivity contribution is 6.30. The maximum atomic E-state index is 12.7. The predicted molar refractivity (Wildman–Crippen MR) is 87.1 cm³/mol. The van der Waals surface area contributed by atoms with E-state index in [0.29, 0.717) is 24.7 Å². The zero-order valence-corrected chi connectivity index (χ0v) is 14.0. The lowest BCUT2D eigenvalue weighted by atomic mass is 10.1. The number of halogens is 1. The first-order chi connectivity index (χ1) is 11.5. The normalized spacial score (nSPS) is 20.1. The van der Waals surface area contributed by atoms with E-state index in [2.05, 4.69) is 0 Å². The Hall–Kier alpha value is -2.34. The molecule has 0 saturated carbocycles. The average molecular weight is 349 g/mol. The van der Waals surface area contributed by atoms with E-state index in [1.165, 1.54) is 6.20 Å². The van der Waals surface area contributed by atoms with Crippen LogP contribution in [-0.2, 0) is 25.7 Å². The van der Waals surface area contributed by atoms with Crippen molar-refractivity contribution in [3.8, 4) is 0 Å². The van der Waals surface area contributed by atoms with Gasteiger partial charge in [-0.2, -0.15) is 0 Å². The molecule has 1 saturated heterocycles. The molecule has 126 valence electrons. The van der Waals surface area contributed by atoms with E-state index in [-0.39, 0.29) is 18.1 Å². The fourth-order valence-electron chi connectivity index (χ4n) is 2.94. The molecule has 0 aromatic heterocycles. The number of esters is 1. The van der Waals surface area contributed by atoms with Crippen LogP contribution in [0.15, 0.2) is 36.0 Å². The summed E-state index contributed by atoms with van der Waals surface area (Å²) < 4.78 is 4.88. The molecule has 0 bridgehead atoms. The van der Waals surface area contributed by atoms with Crippen LogP contribution in [0.1, 0.15) is 12.5 Å². The lowest BCUT2D eigenvalue weighted by Crippen LogP contribution is -2.55. The van der Waals surface area contributed by atoms with Crippen molar-refractivity contribution in [2.45, 2.75) is 19.5 Å². The van der Waals surface area contributed by atoms with Gasteiger partial charge in [0.15, 0.2) is 6.04 Å². The van der Waals surface area contributed by atoms with Crippen LogP contribution in [0.3, 0.4) is 0 Å². The summed E-state index contributed by atoms with van der Waals surface area (Å²) in [5.41, 5.74) is 0.841. The minimum atomic E-state index is -0.961. The third-order valence-corrected chi connectivity index (χ3v) is 4.31. The molecule has 1 atom stereocenters. The maximum Gasteiger partial charge on any atom is 0.343 e. The smallest absolute Gasteiger partial charge is 0.343 e. The molecule has 2 aliphatic heterocycles. The number of hydrogen-bond acceptors (Lipinski definition) is 5. The molecule has 0 spiro atoms. The van der Waals surface area contributed by atoms with Gasteiger partial charge in [-0.05, 0) is 24.6 Å². The molecule has 1 amide bonds. The number of Topliss-reactive ketones (excluding diaryl/α,β-unsaturated/α-hetero) is 1. The lowest BCUT2D eigenvalue weighted by molar-refractivity contribution is -0.144. The third kappa shape index (κ3) is 3.01. The number of rotatable bonds is 4. The Morgan fingerprint density at radius 2 is 2.12 bits per heavy atom. The van der Waals surface area contributed by atoms with Crippen LogP contribution >= 0.6 is 11.6 Å². The summed E-state index contributed by atoms with van der Waals surface area (Å²) in [7, 11) is 0. The molecule has 6 nitrogen and oxygen atoms in total. The molecule has 0 N–H and O–H groups in total. The van der Waals surface area contributed by atoms with Gasteiger partial charge in [0.05, 0.1) is 6.61 Å². The summed E-state index contributed by atoms with van der Waals surface area (Å²) in [4.78, 5) is 40.2. The summed E-state index contributed by atoms with van der Waals surface area (Å²) in [5, 5.41) is 0.599. The van der Waals surface area contributed by atoms with Gasteiger partial charge in [-0.15, -0.1) is 0 Å². The molecule has 1 unspecified atom stereocenters. The minimum Gasteiger partial charge on any atom is -0.462 e. The lowest BCUT2D eigenvalue weighted by Gasteiger charge is -2.36. The Morgan fingerprint density at radius 3 is 2.83 bits per heavy atom. The Morgan fingerprint density at radius 1 is 1.33 bits per heavy atom. The number of nitrogens with zero attached hydrogens (tertiary/aromatic N) is 2. The second kappa shape index (κ2) is 6.65. The van der Waals surface area contributed by atoms with Crippen molar-refractivity contribution in [2.24, 2.45) is 0 Å². The van der Waals surface area contributed by atoms with Gasteiger partial charge in [0.2, 0.25) is 5.78 Å². The number of piperazine rings is 1. The number of amides is 1. The molecule has 7 heteroatoms. The van der Waals surface area contributed by atoms with Crippen LogP contribution in [0.5, 0.6) is 0 Å². The van der Waals surface area contributed by atoms with Crippen molar-refractivity contribution in [3.05, 3.63) is 46.6 Å². The highest BCUT2D eigenvalue weighted by Gasteiger charge is 2.46. The van der Waals surface area contributed by atoms with Crippen molar-refractivity contribution >= 4 is 29.3 Å². The van der Waals surface area contributed by atoms with Gasteiger partial charge < -0.3 is 14.5 Å². The number of benzene rings is 1. The summed E-state index contributed by atoms with van der Waals surface area (Å²) in [6, 6.07) is 6.29. The quantitative estimate of drug-likeness (QED) is 0.467. The van der Waals surface area contributed by atoms with Gasteiger partial charge in [-0.3, -0.25) is 9.59 Å². The Kier molecular flexibility index (Phi) is 4.57. The molecule has 2 heterocycles. The summed E-state index contributed by atoms with van der Waals surface area (Å²) >= 11 is 5.97. The first-order valence-corrected chi connectivity index (χ1v) is 8.11. The van der Waals surface area contributed by atoms with Gasteiger partial charge in [0.25, 0.3) is 5.91 Å². The molecule has 0 radical (unpaired) electrons. The fourth-order valence-corrected chi connectivity index (χ4v) is 3.16. The number of fused-ring (bicyclic) bond motifs is 1. The molecule has 1 aromatic rings. The topological polar surface area (TPSA) is 66.9 Å². The number of carbonyl (C=O) groups excluding carboxylic acids is 3. The zero-order valence-electron chi connectivity index (χ0n) is 13.2. The highest BCUT2D eigenvalue weighted by Crippen LogP contribution is 2.25. The standard InChI is InChI=1S/C17H17ClN2O4/c1-2-24-17(23)13-10-19-6-7-20(16(22)14(19)15(13)21)9-11-4-3-5-12(18)8-11/h3-5,8,10,14H,2,6-7,9H2,1H3. The monoisotopic (exact) mass is 348 g/mol. The number of hydrogen-bond donors (Lipinski definition) is 0. The molecular weight excluding hydrogens is 332 g/mol. The zero-order chi connectivity index (χ0) is 17.3. The summed E-state index contributed by atoms with van der Waals surface area (Å²) in [6.45, 7) is 3.20. The highest BCUT2D eigenvalue weighted by atomic mass is 35.5. The van der Waals surface area contributed by atoms with Crippen molar-refractivity contribution in [1.82, 2.24) is 9.80 Å². The van der Waals surface area contributed by atoms with Crippen LogP contribution in [0, 0.1) is 0 Å². The maximum absolute atomic E-state index is 12.7. The van der Waals surface area contributed by atoms with E-state index < -0.39 is 17.8 Å². The van der Waals surface area contributed by atoms with Crippen LogP contribution in [0.4, 0.5) is 0 Å². The molecule has 1 fully saturated rings. The Bertz CT molecular complexity index is 731. The van der Waals surface area contributed by atoms with Crippen LogP contribution < -0.4 is 0 Å². The van der Waals surface area contributed by atoms with E-state index in [4.69, 9.17) is 16.3 Å². The van der Waals surface area contributed by atoms with Crippen molar-refractivity contribution in [3.63, 3.8) is 0 Å². The molecule has 1 aromatic carbocycles. The number of ketones is 1. The van der Waals surface area contributed by atoms with Gasteiger partial charge in [0.1, 0.15) is 5.57 Å². The van der Waals surface area contributed by atoms with Gasteiger partial charge in [-0.1, -0.05) is 23.7 Å². The van der Waals surface area contributed by atoms with Crippen molar-refractivity contribution in [2.75, 3.05) is 19.7 Å². The number of carbonyl (C=O) groups is 3. The largest absolute Gasteiger partial charge is 0.462 e. The summed E-state index contributed by atoms with van der Waals surface area (Å²) in [6.07, 6.45) is 1.44. The van der Waals surface area contributed by atoms with Gasteiger partial charge in [-0.25, -0.2) is 4.79 Å². The summed E-state index contributed by atoms with van der Waals surface area (Å²) in [5.74, 6) is -1.47. The Labute approximate surface area is 144 Å². The van der Waals surface area contributed by atoms with Crippen molar-refractivity contribution < 1.29 is 19.1 Å². The number of ether oxygens (including phenoxy) is 1. The van der Waals surface area contributed by atoms with Crippen LogP contribution in [-0.4, -0.2) is 53.2 Å². The van der Waals surface area contributed by atoms with Crippen LogP contribution in [0.25, 0.3) is 0 Å². The first kappa shape index (κ1) is 16.5. The fraction of sp³-hybridized carbons (Fsp3) is 0.353. The van der Waals surface area contributed by atoms with Crippen molar-refractivity contribution in [1.29, 1.82) is 0 Å². The van der Waals surface area contributed by atoms with Gasteiger partial charge >= 0.3 is 5.97 Å². The van der Waals surface area contributed by atoms with Crippen LogP contribution in [0.2, 0.25) is 5.02 Å². The van der Waals surface area contributed by atoms with E-state index in [1.54, 1.807) is 28.9 Å². The van der Waals surface area contributed by atoms with Gasteiger partial charge in [0, 0.05) is 30.9 Å². The molecule has 0 aliphatic carbocycles.